The molecule has 0 spiro atoms. The number of pyridine rings is 1. The zero-order chi connectivity index (χ0) is 14.6. The number of nitrogens with zero attached hydrogens (tertiary/aromatic N) is 1. The predicted molar refractivity (Wildman–Crippen MR) is 79.8 cm³/mol. The number of hydrogen-bond donors (Lipinski definition) is 2. The monoisotopic (exact) mass is 269 g/mol. The predicted octanol–water partition coefficient (Wildman–Crippen LogP) is 2.10. The van der Waals surface area contributed by atoms with Crippen molar-refractivity contribution in [2.75, 3.05) is 0 Å². The van der Waals surface area contributed by atoms with Gasteiger partial charge in [-0.3, -0.25) is 9.78 Å². The fourth-order valence-corrected chi connectivity index (χ4v) is 1.82. The maximum atomic E-state index is 11.7. The average Bonchev–Trinajstić information content (AvgIpc) is 2.45. The molecule has 0 aliphatic carbocycles. The van der Waals surface area contributed by atoms with E-state index in [1.165, 1.54) is 0 Å². The molecule has 4 heteroatoms. The minimum Gasteiger partial charge on any atom is -0.350 e. The molecule has 2 aromatic rings. The molecule has 1 amide bonds. The van der Waals surface area contributed by atoms with Gasteiger partial charge < -0.3 is 11.1 Å². The Morgan fingerprint density at radius 2 is 1.90 bits per heavy atom. The van der Waals surface area contributed by atoms with Crippen LogP contribution in [0.1, 0.15) is 19.4 Å². The van der Waals surface area contributed by atoms with Crippen LogP contribution in [-0.4, -0.2) is 16.4 Å². The molecule has 0 radical (unpaired) electrons. The summed E-state index contributed by atoms with van der Waals surface area (Å²) in [7, 11) is 0. The highest BCUT2D eigenvalue weighted by Gasteiger charge is 2.20. The Balaban J connectivity index is 2.10. The Kier molecular flexibility index (Phi) is 4.15. The highest BCUT2D eigenvalue weighted by atomic mass is 16.2. The SMILES string of the molecule is CC(C)(N)C(=O)NCc1cccc(-c2ccncc2)c1. The maximum Gasteiger partial charge on any atom is 0.239 e. The van der Waals surface area contributed by atoms with Gasteiger partial charge in [0.05, 0.1) is 5.54 Å². The van der Waals surface area contributed by atoms with E-state index in [2.05, 4.69) is 16.4 Å². The number of nitrogens with one attached hydrogen (secondary N) is 1. The van der Waals surface area contributed by atoms with Crippen LogP contribution >= 0.6 is 0 Å². The Bertz CT molecular complexity index is 588. The molecule has 0 aliphatic heterocycles. The summed E-state index contributed by atoms with van der Waals surface area (Å²) in [5.41, 5.74) is 8.13. The second kappa shape index (κ2) is 5.84. The molecule has 4 nitrogen and oxygen atoms in total. The minimum absolute atomic E-state index is 0.160. The third-order valence-corrected chi connectivity index (χ3v) is 2.98. The molecule has 20 heavy (non-hydrogen) atoms. The third-order valence-electron chi connectivity index (χ3n) is 2.98. The van der Waals surface area contributed by atoms with Crippen molar-refractivity contribution in [3.8, 4) is 11.1 Å². The number of aromatic nitrogens is 1. The first kappa shape index (κ1) is 14.2. The van der Waals surface area contributed by atoms with Gasteiger partial charge >= 0.3 is 0 Å². The summed E-state index contributed by atoms with van der Waals surface area (Å²) in [4.78, 5) is 15.8. The summed E-state index contributed by atoms with van der Waals surface area (Å²) in [6, 6.07) is 12.0. The average molecular weight is 269 g/mol. The number of hydrogen-bond acceptors (Lipinski definition) is 3. The van der Waals surface area contributed by atoms with Gasteiger partial charge in [-0.15, -0.1) is 0 Å². The van der Waals surface area contributed by atoms with E-state index in [1.54, 1.807) is 26.2 Å². The Morgan fingerprint density at radius 1 is 1.20 bits per heavy atom. The fraction of sp³-hybridized carbons (Fsp3) is 0.250. The number of benzene rings is 1. The van der Waals surface area contributed by atoms with E-state index < -0.39 is 5.54 Å². The molecule has 3 N–H and O–H groups in total. The van der Waals surface area contributed by atoms with Gasteiger partial charge in [-0.2, -0.15) is 0 Å². The molecule has 2 rings (SSSR count). The van der Waals surface area contributed by atoms with Crippen LogP contribution in [0.25, 0.3) is 11.1 Å². The highest BCUT2D eigenvalue weighted by molar-refractivity contribution is 5.85. The topological polar surface area (TPSA) is 68.0 Å². The van der Waals surface area contributed by atoms with Crippen LogP contribution in [0.4, 0.5) is 0 Å². The molecule has 1 heterocycles. The van der Waals surface area contributed by atoms with Gasteiger partial charge in [0.25, 0.3) is 0 Å². The number of rotatable bonds is 4. The summed E-state index contributed by atoms with van der Waals surface area (Å²) in [5.74, 6) is -0.160. The molecule has 0 fully saturated rings. The second-order valence-corrected chi connectivity index (χ2v) is 5.34. The normalized spacial score (nSPS) is 11.2. The van der Waals surface area contributed by atoms with E-state index in [1.807, 2.05) is 30.3 Å². The van der Waals surface area contributed by atoms with Gasteiger partial charge in [-0.1, -0.05) is 18.2 Å². The van der Waals surface area contributed by atoms with Crippen LogP contribution in [0.2, 0.25) is 0 Å². The largest absolute Gasteiger partial charge is 0.350 e. The van der Waals surface area contributed by atoms with E-state index >= 15 is 0 Å². The molecule has 0 saturated heterocycles. The lowest BCUT2D eigenvalue weighted by atomic mass is 10.0. The number of carbonyl (C=O) groups excluding carboxylic acids is 1. The molecule has 1 aromatic heterocycles. The van der Waals surface area contributed by atoms with E-state index in [4.69, 9.17) is 5.73 Å². The standard InChI is InChI=1S/C16H19N3O/c1-16(2,17)15(20)19-11-12-4-3-5-14(10-12)13-6-8-18-9-7-13/h3-10H,11,17H2,1-2H3,(H,19,20). The summed E-state index contributed by atoms with van der Waals surface area (Å²) in [6.07, 6.45) is 3.53. The van der Waals surface area contributed by atoms with Crippen molar-refractivity contribution in [1.29, 1.82) is 0 Å². The maximum absolute atomic E-state index is 11.7. The summed E-state index contributed by atoms with van der Waals surface area (Å²) in [6.45, 7) is 3.85. The first-order valence-electron chi connectivity index (χ1n) is 6.53. The van der Waals surface area contributed by atoms with E-state index in [-0.39, 0.29) is 5.91 Å². The van der Waals surface area contributed by atoms with E-state index in [9.17, 15) is 4.79 Å². The Labute approximate surface area is 119 Å². The van der Waals surface area contributed by atoms with Crippen LogP contribution in [-0.2, 0) is 11.3 Å². The van der Waals surface area contributed by atoms with Gasteiger partial charge in [-0.25, -0.2) is 0 Å². The van der Waals surface area contributed by atoms with Crippen molar-refractivity contribution in [2.24, 2.45) is 5.73 Å². The van der Waals surface area contributed by atoms with Crippen LogP contribution in [0.15, 0.2) is 48.8 Å². The van der Waals surface area contributed by atoms with Crippen LogP contribution < -0.4 is 11.1 Å². The van der Waals surface area contributed by atoms with E-state index in [0.29, 0.717) is 6.54 Å². The quantitative estimate of drug-likeness (QED) is 0.893. The Hall–Kier alpha value is -2.20. The van der Waals surface area contributed by atoms with Crippen molar-refractivity contribution in [3.05, 3.63) is 54.4 Å². The van der Waals surface area contributed by atoms with Gasteiger partial charge in [0, 0.05) is 18.9 Å². The van der Waals surface area contributed by atoms with Crippen molar-refractivity contribution < 1.29 is 4.79 Å². The molecule has 1 aromatic carbocycles. The molecule has 0 bridgehead atoms. The van der Waals surface area contributed by atoms with Crippen molar-refractivity contribution in [1.82, 2.24) is 10.3 Å². The first-order chi connectivity index (χ1) is 9.47. The van der Waals surface area contributed by atoms with Crippen LogP contribution in [0, 0.1) is 0 Å². The smallest absolute Gasteiger partial charge is 0.239 e. The van der Waals surface area contributed by atoms with Crippen molar-refractivity contribution in [3.63, 3.8) is 0 Å². The summed E-state index contributed by atoms with van der Waals surface area (Å²) in [5, 5.41) is 2.84. The van der Waals surface area contributed by atoms with Gasteiger partial charge in [0.2, 0.25) is 5.91 Å². The van der Waals surface area contributed by atoms with Crippen molar-refractivity contribution in [2.45, 2.75) is 25.9 Å². The second-order valence-electron chi connectivity index (χ2n) is 5.34. The third kappa shape index (κ3) is 3.65. The Morgan fingerprint density at radius 3 is 2.55 bits per heavy atom. The zero-order valence-electron chi connectivity index (χ0n) is 11.8. The molecule has 0 atom stereocenters. The van der Waals surface area contributed by atoms with Gasteiger partial charge in [-0.05, 0) is 48.7 Å². The van der Waals surface area contributed by atoms with E-state index in [0.717, 1.165) is 16.7 Å². The molecular formula is C16H19N3O. The number of nitrogens with two attached hydrogens (primary N) is 1. The van der Waals surface area contributed by atoms with Crippen molar-refractivity contribution >= 4 is 5.91 Å². The molecule has 0 aliphatic rings. The van der Waals surface area contributed by atoms with Crippen LogP contribution in [0.5, 0.6) is 0 Å². The van der Waals surface area contributed by atoms with Crippen LogP contribution in [0.3, 0.4) is 0 Å². The lowest BCUT2D eigenvalue weighted by Crippen LogP contribution is -2.48. The molecule has 0 unspecified atom stereocenters. The van der Waals surface area contributed by atoms with Gasteiger partial charge in [0.15, 0.2) is 0 Å². The highest BCUT2D eigenvalue weighted by Crippen LogP contribution is 2.19. The zero-order valence-corrected chi connectivity index (χ0v) is 11.8. The fourth-order valence-electron chi connectivity index (χ4n) is 1.82. The first-order valence-corrected chi connectivity index (χ1v) is 6.53. The molecule has 104 valence electrons. The summed E-state index contributed by atoms with van der Waals surface area (Å²) < 4.78 is 0. The lowest BCUT2D eigenvalue weighted by molar-refractivity contribution is -0.125. The lowest BCUT2D eigenvalue weighted by Gasteiger charge is -2.17. The minimum atomic E-state index is -0.858. The van der Waals surface area contributed by atoms with Gasteiger partial charge in [0.1, 0.15) is 0 Å². The number of amides is 1. The molecule has 0 saturated carbocycles. The molecular weight excluding hydrogens is 250 g/mol. The number of carbonyl (C=O) groups is 1. The summed E-state index contributed by atoms with van der Waals surface area (Å²) >= 11 is 0.